The molecule has 10 aromatic carbocycles. The van der Waals surface area contributed by atoms with Crippen molar-refractivity contribution >= 4 is 95.3 Å². The Labute approximate surface area is 332 Å². The molecule has 2 heteroatoms. The second kappa shape index (κ2) is 12.5. The minimum absolute atomic E-state index is 1.23. The van der Waals surface area contributed by atoms with Gasteiger partial charge in [0.15, 0.2) is 0 Å². The van der Waals surface area contributed by atoms with Gasteiger partial charge in [0.05, 0.1) is 0 Å². The van der Waals surface area contributed by atoms with Gasteiger partial charge in [-0.25, -0.2) is 0 Å². The summed E-state index contributed by atoms with van der Waals surface area (Å²) in [5.41, 5.74) is 10.1. The third-order valence-corrected chi connectivity index (χ3v) is 14.0. The van der Waals surface area contributed by atoms with Crippen LogP contribution in [0.1, 0.15) is 0 Å². The van der Waals surface area contributed by atoms with Crippen LogP contribution in [-0.4, -0.2) is 0 Å². The standard InChI is InChI=1S/C54H32S2/c1-2-12-33(13-3-1)34-22-24-35(25-23-34)49-40-16-6-8-18-42(40)50(43-19-9-7-17-41(43)49)36-26-28-37(29-27-36)51-39-15-5-4-14-38(39)32-45-53-48(56-54(45)51)31-30-47-52(53)44-20-10-11-21-46(44)55-47/h1-32H. The largest absolute Gasteiger partial charge is 0.135 e. The number of fused-ring (bicyclic) bond motifs is 10. The quantitative estimate of drug-likeness (QED) is 0.157. The van der Waals surface area contributed by atoms with Crippen LogP contribution in [0.4, 0.5) is 0 Å². The van der Waals surface area contributed by atoms with Crippen LogP contribution < -0.4 is 0 Å². The highest BCUT2D eigenvalue weighted by Crippen LogP contribution is 2.50. The van der Waals surface area contributed by atoms with Crippen molar-refractivity contribution in [1.29, 1.82) is 0 Å². The maximum absolute atomic E-state index is 2.43. The molecular weight excluding hydrogens is 713 g/mol. The van der Waals surface area contributed by atoms with Gasteiger partial charge in [-0.3, -0.25) is 0 Å². The van der Waals surface area contributed by atoms with Crippen molar-refractivity contribution in [1.82, 2.24) is 0 Å². The average Bonchev–Trinajstić information content (AvgIpc) is 3.83. The molecule has 0 aliphatic rings. The molecule has 56 heavy (non-hydrogen) atoms. The van der Waals surface area contributed by atoms with Crippen molar-refractivity contribution in [3.8, 4) is 44.5 Å². The maximum Gasteiger partial charge on any atom is 0.0440 e. The molecule has 0 nitrogen and oxygen atoms in total. The molecule has 12 rings (SSSR count). The number of thiophene rings is 2. The summed E-state index contributed by atoms with van der Waals surface area (Å²) >= 11 is 3.83. The second-order valence-corrected chi connectivity index (χ2v) is 16.9. The minimum atomic E-state index is 1.23. The molecule has 0 aliphatic heterocycles. The van der Waals surface area contributed by atoms with Crippen molar-refractivity contribution in [2.45, 2.75) is 0 Å². The SMILES string of the molecule is c1ccc(-c2ccc(-c3c4ccccc4c(-c4ccc(-c5c6ccccc6cc6c5sc5ccc7sc8ccccc8c7c56)cc4)c4ccccc34)cc2)cc1. The summed E-state index contributed by atoms with van der Waals surface area (Å²) in [6, 6.07) is 71.9. The van der Waals surface area contributed by atoms with Crippen molar-refractivity contribution < 1.29 is 0 Å². The zero-order chi connectivity index (χ0) is 36.7. The van der Waals surface area contributed by atoms with Crippen LogP contribution in [0, 0.1) is 0 Å². The van der Waals surface area contributed by atoms with E-state index in [1.807, 2.05) is 22.7 Å². The summed E-state index contributed by atoms with van der Waals surface area (Å²) < 4.78 is 5.40. The molecule has 0 fully saturated rings. The van der Waals surface area contributed by atoms with Crippen LogP contribution in [0.15, 0.2) is 194 Å². The summed E-state index contributed by atoms with van der Waals surface area (Å²) in [6.45, 7) is 0. The number of rotatable bonds is 4. The average molecular weight is 745 g/mol. The van der Waals surface area contributed by atoms with Gasteiger partial charge >= 0.3 is 0 Å². The highest BCUT2D eigenvalue weighted by Gasteiger charge is 2.20. The van der Waals surface area contributed by atoms with E-state index in [1.165, 1.54) is 117 Å². The van der Waals surface area contributed by atoms with Crippen LogP contribution in [0.3, 0.4) is 0 Å². The van der Waals surface area contributed by atoms with Crippen LogP contribution in [-0.2, 0) is 0 Å². The second-order valence-electron chi connectivity index (χ2n) is 14.7. The first kappa shape index (κ1) is 31.7. The normalized spacial score (nSPS) is 11.9. The van der Waals surface area contributed by atoms with Gasteiger partial charge in [0, 0.05) is 45.9 Å². The van der Waals surface area contributed by atoms with Crippen LogP contribution >= 0.6 is 22.7 Å². The first-order chi connectivity index (χ1) is 27.8. The van der Waals surface area contributed by atoms with Crippen LogP contribution in [0.2, 0.25) is 0 Å². The molecule has 12 aromatic rings. The lowest BCUT2D eigenvalue weighted by atomic mass is 9.85. The van der Waals surface area contributed by atoms with E-state index in [9.17, 15) is 0 Å². The van der Waals surface area contributed by atoms with Gasteiger partial charge in [-0.2, -0.15) is 0 Å². The van der Waals surface area contributed by atoms with Gasteiger partial charge in [0.25, 0.3) is 0 Å². The van der Waals surface area contributed by atoms with E-state index in [0.717, 1.165) is 0 Å². The molecule has 0 saturated heterocycles. The first-order valence-electron chi connectivity index (χ1n) is 19.2. The summed E-state index contributed by atoms with van der Waals surface area (Å²) in [7, 11) is 0. The highest BCUT2D eigenvalue weighted by molar-refractivity contribution is 7.28. The van der Waals surface area contributed by atoms with E-state index in [0.29, 0.717) is 0 Å². The summed E-state index contributed by atoms with van der Waals surface area (Å²) in [4.78, 5) is 0. The van der Waals surface area contributed by atoms with Crippen LogP contribution in [0.25, 0.3) is 117 Å². The molecular formula is C54H32S2. The molecule has 0 amide bonds. The lowest BCUT2D eigenvalue weighted by Crippen LogP contribution is -1.91. The Morgan fingerprint density at radius 1 is 0.250 bits per heavy atom. The molecule has 260 valence electrons. The Kier molecular flexibility index (Phi) is 7.07. The van der Waals surface area contributed by atoms with Gasteiger partial charge in [0.1, 0.15) is 0 Å². The fourth-order valence-electron chi connectivity index (χ4n) is 9.18. The summed E-state index contributed by atoms with van der Waals surface area (Å²) in [5.74, 6) is 0. The van der Waals surface area contributed by atoms with Crippen molar-refractivity contribution in [3.05, 3.63) is 194 Å². The minimum Gasteiger partial charge on any atom is -0.135 e. The Balaban J connectivity index is 1.05. The van der Waals surface area contributed by atoms with Crippen molar-refractivity contribution in [2.24, 2.45) is 0 Å². The number of benzene rings is 10. The first-order valence-corrected chi connectivity index (χ1v) is 20.8. The van der Waals surface area contributed by atoms with E-state index in [4.69, 9.17) is 0 Å². The molecule has 0 aliphatic carbocycles. The molecule has 0 N–H and O–H groups in total. The fraction of sp³-hybridized carbons (Fsp3) is 0. The Bertz CT molecular complexity index is 3440. The zero-order valence-corrected chi connectivity index (χ0v) is 31.9. The smallest absolute Gasteiger partial charge is 0.0440 e. The fourth-order valence-corrected chi connectivity index (χ4v) is 11.6. The Morgan fingerprint density at radius 3 is 1.29 bits per heavy atom. The van der Waals surface area contributed by atoms with Crippen molar-refractivity contribution in [2.75, 3.05) is 0 Å². The molecule has 0 saturated carbocycles. The van der Waals surface area contributed by atoms with Crippen LogP contribution in [0.5, 0.6) is 0 Å². The molecule has 2 heterocycles. The predicted octanol–water partition coefficient (Wildman–Crippen LogP) is 16.5. The predicted molar refractivity (Wildman–Crippen MR) is 246 cm³/mol. The Morgan fingerprint density at radius 2 is 0.679 bits per heavy atom. The molecule has 0 radical (unpaired) electrons. The number of hydrogen-bond acceptors (Lipinski definition) is 2. The molecule has 2 aromatic heterocycles. The third-order valence-electron chi connectivity index (χ3n) is 11.7. The molecule has 0 atom stereocenters. The summed E-state index contributed by atoms with van der Waals surface area (Å²) in [5, 5.41) is 13.1. The maximum atomic E-state index is 2.43. The van der Waals surface area contributed by atoms with E-state index in [2.05, 4.69) is 194 Å². The molecule has 0 unspecified atom stereocenters. The Hall–Kier alpha value is -6.58. The van der Waals surface area contributed by atoms with Gasteiger partial charge in [-0.15, -0.1) is 22.7 Å². The van der Waals surface area contributed by atoms with E-state index in [1.54, 1.807) is 0 Å². The lowest BCUT2D eigenvalue weighted by Gasteiger charge is -2.18. The van der Waals surface area contributed by atoms with Gasteiger partial charge in [-0.05, 0) is 95.5 Å². The van der Waals surface area contributed by atoms with Crippen molar-refractivity contribution in [3.63, 3.8) is 0 Å². The van der Waals surface area contributed by atoms with E-state index < -0.39 is 0 Å². The lowest BCUT2D eigenvalue weighted by molar-refractivity contribution is 1.61. The number of hydrogen-bond donors (Lipinski definition) is 0. The zero-order valence-electron chi connectivity index (χ0n) is 30.3. The molecule has 0 bridgehead atoms. The van der Waals surface area contributed by atoms with E-state index >= 15 is 0 Å². The van der Waals surface area contributed by atoms with E-state index in [-0.39, 0.29) is 0 Å². The monoisotopic (exact) mass is 744 g/mol. The molecule has 0 spiro atoms. The topological polar surface area (TPSA) is 0 Å². The van der Waals surface area contributed by atoms with Gasteiger partial charge < -0.3 is 0 Å². The highest BCUT2D eigenvalue weighted by atomic mass is 32.1. The third kappa shape index (κ3) is 4.77. The van der Waals surface area contributed by atoms with Gasteiger partial charge in [0.2, 0.25) is 0 Å². The van der Waals surface area contributed by atoms with Gasteiger partial charge in [-0.1, -0.05) is 170 Å². The summed E-state index contributed by atoms with van der Waals surface area (Å²) in [6.07, 6.45) is 0.